The third-order valence-corrected chi connectivity index (χ3v) is 2.42. The van der Waals surface area contributed by atoms with E-state index in [2.05, 4.69) is 16.0 Å². The SMILES string of the molecule is CC(C)NC(=O)Nc1cccc(C(=O)NCCCO)c1. The van der Waals surface area contributed by atoms with Crippen LogP contribution in [0.1, 0.15) is 30.6 Å². The van der Waals surface area contributed by atoms with Crippen LogP contribution in [-0.4, -0.2) is 36.2 Å². The molecular weight excluding hydrogens is 258 g/mol. The second kappa shape index (κ2) is 8.16. The average Bonchev–Trinajstić information content (AvgIpc) is 2.38. The molecule has 6 nitrogen and oxygen atoms in total. The predicted molar refractivity (Wildman–Crippen MR) is 77.8 cm³/mol. The number of aliphatic hydroxyl groups excluding tert-OH is 1. The van der Waals surface area contributed by atoms with Gasteiger partial charge in [-0.25, -0.2) is 4.79 Å². The van der Waals surface area contributed by atoms with E-state index in [-0.39, 0.29) is 24.6 Å². The Kier molecular flexibility index (Phi) is 6.52. The first kappa shape index (κ1) is 16.0. The monoisotopic (exact) mass is 279 g/mol. The normalized spacial score (nSPS) is 10.2. The molecule has 0 fully saturated rings. The van der Waals surface area contributed by atoms with Gasteiger partial charge in [-0.15, -0.1) is 0 Å². The van der Waals surface area contributed by atoms with Crippen LogP contribution >= 0.6 is 0 Å². The van der Waals surface area contributed by atoms with Gasteiger partial charge in [0.05, 0.1) is 0 Å². The van der Waals surface area contributed by atoms with Gasteiger partial charge in [0.25, 0.3) is 5.91 Å². The lowest BCUT2D eigenvalue weighted by molar-refractivity contribution is 0.0951. The van der Waals surface area contributed by atoms with Gasteiger partial charge in [-0.3, -0.25) is 4.79 Å². The van der Waals surface area contributed by atoms with Crippen molar-refractivity contribution in [3.8, 4) is 0 Å². The lowest BCUT2D eigenvalue weighted by Crippen LogP contribution is -2.34. The second-order valence-corrected chi connectivity index (χ2v) is 4.67. The fourth-order valence-corrected chi connectivity index (χ4v) is 1.55. The van der Waals surface area contributed by atoms with Crippen molar-refractivity contribution >= 4 is 17.6 Å². The Bertz CT molecular complexity index is 461. The Labute approximate surface area is 118 Å². The minimum Gasteiger partial charge on any atom is -0.396 e. The molecule has 0 aliphatic carbocycles. The molecule has 0 radical (unpaired) electrons. The van der Waals surface area contributed by atoms with Gasteiger partial charge in [0.15, 0.2) is 0 Å². The number of benzene rings is 1. The van der Waals surface area contributed by atoms with Crippen LogP contribution in [0.4, 0.5) is 10.5 Å². The largest absolute Gasteiger partial charge is 0.396 e. The van der Waals surface area contributed by atoms with E-state index in [9.17, 15) is 9.59 Å². The van der Waals surface area contributed by atoms with E-state index in [4.69, 9.17) is 5.11 Å². The molecule has 6 heteroatoms. The molecule has 20 heavy (non-hydrogen) atoms. The maximum Gasteiger partial charge on any atom is 0.319 e. The Morgan fingerprint density at radius 3 is 2.70 bits per heavy atom. The van der Waals surface area contributed by atoms with Gasteiger partial charge in [-0.2, -0.15) is 0 Å². The van der Waals surface area contributed by atoms with Gasteiger partial charge in [-0.05, 0) is 38.5 Å². The number of nitrogens with one attached hydrogen (secondary N) is 3. The van der Waals surface area contributed by atoms with Crippen molar-refractivity contribution in [1.82, 2.24) is 10.6 Å². The topological polar surface area (TPSA) is 90.5 Å². The summed E-state index contributed by atoms with van der Waals surface area (Å²) in [5.41, 5.74) is 1.02. The molecule has 0 saturated carbocycles. The summed E-state index contributed by atoms with van der Waals surface area (Å²) >= 11 is 0. The van der Waals surface area contributed by atoms with Crippen LogP contribution < -0.4 is 16.0 Å². The van der Waals surface area contributed by atoms with Gasteiger partial charge in [-0.1, -0.05) is 6.07 Å². The molecule has 0 aromatic heterocycles. The Morgan fingerprint density at radius 2 is 2.05 bits per heavy atom. The molecular formula is C14H21N3O3. The minimum atomic E-state index is -0.308. The molecule has 0 unspecified atom stereocenters. The molecule has 0 aliphatic heterocycles. The van der Waals surface area contributed by atoms with E-state index in [1.807, 2.05) is 13.8 Å². The number of aliphatic hydroxyl groups is 1. The number of rotatable bonds is 6. The minimum absolute atomic E-state index is 0.0389. The van der Waals surface area contributed by atoms with Crippen molar-refractivity contribution in [3.63, 3.8) is 0 Å². The van der Waals surface area contributed by atoms with Gasteiger partial charge >= 0.3 is 6.03 Å². The van der Waals surface area contributed by atoms with Gasteiger partial charge in [0, 0.05) is 30.4 Å². The van der Waals surface area contributed by atoms with Crippen LogP contribution in [0.5, 0.6) is 0 Å². The second-order valence-electron chi connectivity index (χ2n) is 4.67. The van der Waals surface area contributed by atoms with E-state index in [1.165, 1.54) is 0 Å². The van der Waals surface area contributed by atoms with Crippen LogP contribution in [0.15, 0.2) is 24.3 Å². The highest BCUT2D eigenvalue weighted by molar-refractivity contribution is 5.96. The summed E-state index contributed by atoms with van der Waals surface area (Å²) in [6.07, 6.45) is 0.514. The fraction of sp³-hybridized carbons (Fsp3) is 0.429. The van der Waals surface area contributed by atoms with E-state index in [1.54, 1.807) is 24.3 Å². The van der Waals surface area contributed by atoms with Gasteiger partial charge in [0.1, 0.15) is 0 Å². The van der Waals surface area contributed by atoms with Crippen molar-refractivity contribution in [2.75, 3.05) is 18.5 Å². The number of hydrogen-bond acceptors (Lipinski definition) is 3. The lowest BCUT2D eigenvalue weighted by Gasteiger charge is -2.11. The molecule has 1 aromatic rings. The van der Waals surface area contributed by atoms with Gasteiger partial charge < -0.3 is 21.1 Å². The van der Waals surface area contributed by atoms with E-state index < -0.39 is 0 Å². The third-order valence-electron chi connectivity index (χ3n) is 2.42. The van der Waals surface area contributed by atoms with E-state index in [0.717, 1.165) is 0 Å². The molecule has 3 amide bonds. The average molecular weight is 279 g/mol. The number of urea groups is 1. The summed E-state index contributed by atoms with van der Waals surface area (Å²) in [6, 6.07) is 6.42. The highest BCUT2D eigenvalue weighted by atomic mass is 16.3. The third kappa shape index (κ3) is 5.71. The zero-order valence-corrected chi connectivity index (χ0v) is 11.8. The van der Waals surface area contributed by atoms with E-state index in [0.29, 0.717) is 24.2 Å². The molecule has 4 N–H and O–H groups in total. The highest BCUT2D eigenvalue weighted by Gasteiger charge is 2.07. The summed E-state index contributed by atoms with van der Waals surface area (Å²) < 4.78 is 0. The number of carbonyl (C=O) groups excluding carboxylic acids is 2. The first-order valence-corrected chi connectivity index (χ1v) is 6.59. The Balaban J connectivity index is 2.61. The summed E-state index contributed by atoms with van der Waals surface area (Å²) in [5, 5.41) is 16.7. The molecule has 0 heterocycles. The first-order valence-electron chi connectivity index (χ1n) is 6.59. The number of carbonyl (C=O) groups is 2. The smallest absolute Gasteiger partial charge is 0.319 e. The van der Waals surface area contributed by atoms with Gasteiger partial charge in [0.2, 0.25) is 0 Å². The summed E-state index contributed by atoms with van der Waals surface area (Å²) in [7, 11) is 0. The molecule has 0 atom stereocenters. The molecule has 0 saturated heterocycles. The van der Waals surface area contributed by atoms with Crippen LogP contribution in [0.3, 0.4) is 0 Å². The standard InChI is InChI=1S/C14H21N3O3/c1-10(2)16-14(20)17-12-6-3-5-11(9-12)13(19)15-7-4-8-18/h3,5-6,9-10,18H,4,7-8H2,1-2H3,(H,15,19)(H2,16,17,20). The Hall–Kier alpha value is -2.08. The molecule has 1 aromatic carbocycles. The number of anilines is 1. The quantitative estimate of drug-likeness (QED) is 0.592. The van der Waals surface area contributed by atoms with Crippen LogP contribution in [0.25, 0.3) is 0 Å². The molecule has 110 valence electrons. The van der Waals surface area contributed by atoms with Crippen LogP contribution in [0, 0.1) is 0 Å². The Morgan fingerprint density at radius 1 is 1.30 bits per heavy atom. The van der Waals surface area contributed by atoms with Crippen LogP contribution in [-0.2, 0) is 0 Å². The molecule has 0 spiro atoms. The summed E-state index contributed by atoms with van der Waals surface area (Å²) in [5.74, 6) is -0.230. The summed E-state index contributed by atoms with van der Waals surface area (Å²) in [6.45, 7) is 4.19. The van der Waals surface area contributed by atoms with Crippen molar-refractivity contribution in [1.29, 1.82) is 0 Å². The van der Waals surface area contributed by atoms with Crippen molar-refractivity contribution in [2.45, 2.75) is 26.3 Å². The molecule has 0 aliphatic rings. The number of amides is 3. The highest BCUT2D eigenvalue weighted by Crippen LogP contribution is 2.10. The van der Waals surface area contributed by atoms with Crippen molar-refractivity contribution < 1.29 is 14.7 Å². The first-order chi connectivity index (χ1) is 9.52. The number of hydrogen-bond donors (Lipinski definition) is 4. The molecule has 1 rings (SSSR count). The van der Waals surface area contributed by atoms with Crippen molar-refractivity contribution in [2.24, 2.45) is 0 Å². The predicted octanol–water partition coefficient (Wildman–Crippen LogP) is 1.33. The summed E-state index contributed by atoms with van der Waals surface area (Å²) in [4.78, 5) is 23.4. The van der Waals surface area contributed by atoms with Crippen LogP contribution in [0.2, 0.25) is 0 Å². The maximum absolute atomic E-state index is 11.8. The maximum atomic E-state index is 11.8. The van der Waals surface area contributed by atoms with Crippen molar-refractivity contribution in [3.05, 3.63) is 29.8 Å². The van der Waals surface area contributed by atoms with E-state index >= 15 is 0 Å². The lowest BCUT2D eigenvalue weighted by atomic mass is 10.2. The molecule has 0 bridgehead atoms. The zero-order chi connectivity index (χ0) is 15.0. The zero-order valence-electron chi connectivity index (χ0n) is 11.8. The fourth-order valence-electron chi connectivity index (χ4n) is 1.55.